The van der Waals surface area contributed by atoms with Crippen LogP contribution in [0, 0.1) is 17.3 Å². The van der Waals surface area contributed by atoms with Gasteiger partial charge in [-0.2, -0.15) is 0 Å². The molecule has 4 heteroatoms. The highest BCUT2D eigenvalue weighted by Crippen LogP contribution is 2.51. The van der Waals surface area contributed by atoms with Crippen LogP contribution in [0.4, 0.5) is 0 Å². The molecule has 3 fully saturated rings. The van der Waals surface area contributed by atoms with Gasteiger partial charge in [0.05, 0.1) is 6.10 Å². The first-order valence-electron chi connectivity index (χ1n) is 9.20. The van der Waals surface area contributed by atoms with E-state index in [1.807, 2.05) is 0 Å². The van der Waals surface area contributed by atoms with Gasteiger partial charge in [0.1, 0.15) is 0 Å². The summed E-state index contributed by atoms with van der Waals surface area (Å²) in [4.78, 5) is 11.9. The number of ether oxygens (including phenoxy) is 1. The SMILES string of the molecule is CC1(C)C(NCCNC(=O)CC2CCCC2)C2CCCOC21. The van der Waals surface area contributed by atoms with E-state index in [-0.39, 0.29) is 11.3 Å². The van der Waals surface area contributed by atoms with E-state index >= 15 is 0 Å². The number of carbonyl (C=O) groups excluding carboxylic acids is 1. The van der Waals surface area contributed by atoms with E-state index in [0.29, 0.717) is 24.0 Å². The Balaban J connectivity index is 1.33. The zero-order valence-electron chi connectivity index (χ0n) is 14.2. The number of hydrogen-bond donors (Lipinski definition) is 2. The van der Waals surface area contributed by atoms with Gasteiger partial charge in [0.2, 0.25) is 5.91 Å². The van der Waals surface area contributed by atoms with Gasteiger partial charge < -0.3 is 15.4 Å². The van der Waals surface area contributed by atoms with Crippen LogP contribution < -0.4 is 10.6 Å². The fourth-order valence-electron chi connectivity index (χ4n) is 4.92. The molecule has 3 rings (SSSR count). The van der Waals surface area contributed by atoms with Gasteiger partial charge in [-0.05, 0) is 31.6 Å². The van der Waals surface area contributed by atoms with Crippen LogP contribution >= 0.6 is 0 Å². The number of hydrogen-bond acceptors (Lipinski definition) is 3. The minimum Gasteiger partial charge on any atom is -0.377 e. The highest BCUT2D eigenvalue weighted by Gasteiger charge is 2.57. The van der Waals surface area contributed by atoms with E-state index in [1.165, 1.54) is 38.5 Å². The fraction of sp³-hybridized carbons (Fsp3) is 0.944. The van der Waals surface area contributed by atoms with Gasteiger partial charge >= 0.3 is 0 Å². The lowest BCUT2D eigenvalue weighted by atomic mass is 9.55. The lowest BCUT2D eigenvalue weighted by molar-refractivity contribution is -0.192. The second-order valence-corrected chi connectivity index (χ2v) is 8.06. The summed E-state index contributed by atoms with van der Waals surface area (Å²) in [5.74, 6) is 1.54. The molecule has 2 saturated carbocycles. The topological polar surface area (TPSA) is 50.4 Å². The molecule has 3 unspecified atom stereocenters. The Hall–Kier alpha value is -0.610. The van der Waals surface area contributed by atoms with Crippen molar-refractivity contribution in [3.05, 3.63) is 0 Å². The number of amides is 1. The predicted molar refractivity (Wildman–Crippen MR) is 87.6 cm³/mol. The molecule has 4 nitrogen and oxygen atoms in total. The van der Waals surface area contributed by atoms with E-state index in [2.05, 4.69) is 24.5 Å². The molecule has 1 aliphatic heterocycles. The predicted octanol–water partition coefficient (Wildman–Crippen LogP) is 2.48. The highest BCUT2D eigenvalue weighted by atomic mass is 16.5. The Kier molecular flexibility index (Phi) is 5.08. The van der Waals surface area contributed by atoms with Crippen LogP contribution in [-0.4, -0.2) is 37.7 Å². The summed E-state index contributed by atoms with van der Waals surface area (Å²) >= 11 is 0. The Bertz CT molecular complexity index is 391. The largest absolute Gasteiger partial charge is 0.377 e. The second-order valence-electron chi connectivity index (χ2n) is 8.06. The van der Waals surface area contributed by atoms with Crippen molar-refractivity contribution in [3.8, 4) is 0 Å². The normalized spacial score (nSPS) is 34.0. The lowest BCUT2D eigenvalue weighted by Crippen LogP contribution is -2.69. The maximum Gasteiger partial charge on any atom is 0.220 e. The Morgan fingerprint density at radius 1 is 1.14 bits per heavy atom. The molecule has 0 spiro atoms. The third-order valence-corrected chi connectivity index (χ3v) is 6.09. The minimum atomic E-state index is 0.221. The van der Waals surface area contributed by atoms with Crippen LogP contribution in [0.1, 0.15) is 58.8 Å². The lowest BCUT2D eigenvalue weighted by Gasteiger charge is -2.60. The Morgan fingerprint density at radius 3 is 2.68 bits per heavy atom. The number of carbonyl (C=O) groups is 1. The van der Waals surface area contributed by atoms with E-state index in [1.54, 1.807) is 0 Å². The first-order valence-corrected chi connectivity index (χ1v) is 9.20. The molecule has 3 aliphatic rings. The van der Waals surface area contributed by atoms with Crippen molar-refractivity contribution in [1.29, 1.82) is 0 Å². The van der Waals surface area contributed by atoms with Gasteiger partial charge in [-0.1, -0.05) is 26.7 Å². The van der Waals surface area contributed by atoms with Gasteiger partial charge in [0, 0.05) is 43.5 Å². The molecular formula is C18H32N2O2. The molecule has 1 saturated heterocycles. The summed E-state index contributed by atoms with van der Waals surface area (Å²) in [5, 5.41) is 6.74. The molecule has 0 aromatic carbocycles. The summed E-state index contributed by atoms with van der Waals surface area (Å²) in [6.45, 7) is 7.14. The van der Waals surface area contributed by atoms with Crippen LogP contribution in [0.2, 0.25) is 0 Å². The highest BCUT2D eigenvalue weighted by molar-refractivity contribution is 5.76. The molecule has 126 valence electrons. The summed E-state index contributed by atoms with van der Waals surface area (Å²) in [5.41, 5.74) is 0.221. The molecule has 2 aliphatic carbocycles. The molecule has 22 heavy (non-hydrogen) atoms. The summed E-state index contributed by atoms with van der Waals surface area (Å²) in [6, 6.07) is 0.532. The van der Waals surface area contributed by atoms with E-state index in [9.17, 15) is 4.79 Å². The van der Waals surface area contributed by atoms with Crippen LogP contribution in [0.5, 0.6) is 0 Å². The molecule has 0 aromatic heterocycles. The average Bonchev–Trinajstić information content (AvgIpc) is 2.99. The van der Waals surface area contributed by atoms with Crippen LogP contribution in [0.25, 0.3) is 0 Å². The van der Waals surface area contributed by atoms with Crippen LogP contribution in [0.3, 0.4) is 0 Å². The molecule has 1 heterocycles. The van der Waals surface area contributed by atoms with Gasteiger partial charge in [-0.15, -0.1) is 0 Å². The second kappa shape index (κ2) is 6.88. The van der Waals surface area contributed by atoms with Crippen LogP contribution in [-0.2, 0) is 9.53 Å². The summed E-state index contributed by atoms with van der Waals surface area (Å²) in [7, 11) is 0. The van der Waals surface area contributed by atoms with Crippen molar-refractivity contribution in [2.45, 2.75) is 70.9 Å². The van der Waals surface area contributed by atoms with Crippen molar-refractivity contribution >= 4 is 5.91 Å². The zero-order valence-corrected chi connectivity index (χ0v) is 14.2. The van der Waals surface area contributed by atoms with Gasteiger partial charge in [0.25, 0.3) is 0 Å². The quantitative estimate of drug-likeness (QED) is 0.741. The monoisotopic (exact) mass is 308 g/mol. The maximum atomic E-state index is 11.9. The van der Waals surface area contributed by atoms with Crippen molar-refractivity contribution in [2.24, 2.45) is 17.3 Å². The Labute approximate surface area is 134 Å². The average molecular weight is 308 g/mol. The molecule has 0 radical (unpaired) electrons. The minimum absolute atomic E-state index is 0.221. The Morgan fingerprint density at radius 2 is 1.91 bits per heavy atom. The first kappa shape index (κ1) is 16.3. The van der Waals surface area contributed by atoms with Crippen LogP contribution in [0.15, 0.2) is 0 Å². The molecule has 1 amide bonds. The molecule has 2 N–H and O–H groups in total. The van der Waals surface area contributed by atoms with Gasteiger partial charge in [0.15, 0.2) is 0 Å². The van der Waals surface area contributed by atoms with Gasteiger partial charge in [-0.25, -0.2) is 0 Å². The number of rotatable bonds is 6. The van der Waals surface area contributed by atoms with Gasteiger partial charge in [-0.3, -0.25) is 4.79 Å². The third-order valence-electron chi connectivity index (χ3n) is 6.09. The number of fused-ring (bicyclic) bond motifs is 1. The maximum absolute atomic E-state index is 11.9. The summed E-state index contributed by atoms with van der Waals surface area (Å²) in [6.07, 6.45) is 8.72. The van der Waals surface area contributed by atoms with E-state index < -0.39 is 0 Å². The van der Waals surface area contributed by atoms with Crippen molar-refractivity contribution < 1.29 is 9.53 Å². The van der Waals surface area contributed by atoms with E-state index in [0.717, 1.165) is 26.1 Å². The van der Waals surface area contributed by atoms with E-state index in [4.69, 9.17) is 4.74 Å². The molecule has 3 atom stereocenters. The third kappa shape index (κ3) is 3.33. The van der Waals surface area contributed by atoms with Crippen molar-refractivity contribution in [3.63, 3.8) is 0 Å². The number of nitrogens with one attached hydrogen (secondary N) is 2. The molecular weight excluding hydrogens is 276 g/mol. The van der Waals surface area contributed by atoms with Crippen molar-refractivity contribution in [2.75, 3.05) is 19.7 Å². The fourth-order valence-corrected chi connectivity index (χ4v) is 4.92. The van der Waals surface area contributed by atoms with Crippen molar-refractivity contribution in [1.82, 2.24) is 10.6 Å². The smallest absolute Gasteiger partial charge is 0.220 e. The summed E-state index contributed by atoms with van der Waals surface area (Å²) < 4.78 is 5.93. The molecule has 0 bridgehead atoms. The standard InChI is InChI=1S/C18H32N2O2/c1-18(2)16(14-8-5-11-22-17(14)18)20-10-9-19-15(21)12-13-6-3-4-7-13/h13-14,16-17,20H,3-12H2,1-2H3,(H,19,21). The first-order chi connectivity index (χ1) is 10.6. The zero-order chi connectivity index (χ0) is 15.6. The molecule has 0 aromatic rings.